The molecule has 0 saturated carbocycles. The van der Waals surface area contributed by atoms with Crippen LogP contribution in [0, 0.1) is 12.3 Å². The highest BCUT2D eigenvalue weighted by molar-refractivity contribution is 5.65. The molecular weight excluding hydrogens is 304 g/mol. The van der Waals surface area contributed by atoms with E-state index in [1.54, 1.807) is 0 Å². The summed E-state index contributed by atoms with van der Waals surface area (Å²) in [5.41, 5.74) is 2.49. The average molecular weight is 328 g/mol. The summed E-state index contributed by atoms with van der Waals surface area (Å²) >= 11 is 0. The molecule has 0 bridgehead atoms. The van der Waals surface area contributed by atoms with Crippen molar-refractivity contribution in [2.45, 2.75) is 40.2 Å². The van der Waals surface area contributed by atoms with Crippen molar-refractivity contribution in [3.63, 3.8) is 0 Å². The van der Waals surface area contributed by atoms with Gasteiger partial charge in [0.05, 0.1) is 6.04 Å². The van der Waals surface area contributed by atoms with Crippen LogP contribution in [0.5, 0.6) is 0 Å². The van der Waals surface area contributed by atoms with Gasteiger partial charge < -0.3 is 15.4 Å². The van der Waals surface area contributed by atoms with E-state index in [-0.39, 0.29) is 5.56 Å². The summed E-state index contributed by atoms with van der Waals surface area (Å²) in [6.07, 6.45) is -0.560. The topological polar surface area (TPSA) is 82.2 Å². The number of hydrogen-bond donors (Lipinski definition) is 3. The molecule has 5 nitrogen and oxygen atoms in total. The Morgan fingerprint density at radius 1 is 1.25 bits per heavy atom. The molecule has 128 valence electrons. The van der Waals surface area contributed by atoms with Crippen LogP contribution in [0.25, 0.3) is 0 Å². The summed E-state index contributed by atoms with van der Waals surface area (Å²) in [7, 11) is 0. The number of aromatic amines is 1. The third-order valence-corrected chi connectivity index (χ3v) is 3.95. The van der Waals surface area contributed by atoms with Crippen LogP contribution < -0.4 is 10.9 Å². The van der Waals surface area contributed by atoms with E-state index < -0.39 is 17.6 Å². The number of nitrogens with one attached hydrogen (secondary N) is 2. The summed E-state index contributed by atoms with van der Waals surface area (Å²) in [5, 5.41) is 11.7. The molecule has 0 spiro atoms. The van der Waals surface area contributed by atoms with Gasteiger partial charge in [-0.25, -0.2) is 4.79 Å². The maximum Gasteiger partial charge on any atom is 0.405 e. The first kappa shape index (κ1) is 17.8. The molecule has 24 heavy (non-hydrogen) atoms. The Kier molecular flexibility index (Phi) is 5.12. The lowest BCUT2D eigenvalue weighted by Crippen LogP contribution is -2.40. The minimum atomic E-state index is -1.14. The Bertz CT molecular complexity index is 773. The molecule has 1 atom stereocenters. The van der Waals surface area contributed by atoms with Gasteiger partial charge in [-0.15, -0.1) is 0 Å². The van der Waals surface area contributed by atoms with Crippen molar-refractivity contribution in [1.82, 2.24) is 10.3 Å². The van der Waals surface area contributed by atoms with E-state index in [4.69, 9.17) is 0 Å². The summed E-state index contributed by atoms with van der Waals surface area (Å²) < 4.78 is 0. The number of amides is 1. The number of benzene rings is 1. The number of carbonyl (C=O) groups is 1. The van der Waals surface area contributed by atoms with Crippen LogP contribution in [0.2, 0.25) is 0 Å². The lowest BCUT2D eigenvalue weighted by molar-refractivity contribution is 0.174. The van der Waals surface area contributed by atoms with Crippen molar-refractivity contribution in [1.29, 1.82) is 0 Å². The first-order chi connectivity index (χ1) is 11.2. The highest BCUT2D eigenvalue weighted by Gasteiger charge is 2.32. The average Bonchev–Trinajstić information content (AvgIpc) is 2.45. The maximum absolute atomic E-state index is 12.6. The van der Waals surface area contributed by atoms with Gasteiger partial charge in [0.1, 0.15) is 0 Å². The van der Waals surface area contributed by atoms with Crippen LogP contribution in [-0.2, 0) is 6.42 Å². The number of pyridine rings is 1. The predicted molar refractivity (Wildman–Crippen MR) is 94.4 cm³/mol. The molecule has 1 unspecified atom stereocenters. The van der Waals surface area contributed by atoms with E-state index in [1.165, 1.54) is 0 Å². The summed E-state index contributed by atoms with van der Waals surface area (Å²) in [6.45, 7) is 7.58. The van der Waals surface area contributed by atoms with Crippen LogP contribution in [0.4, 0.5) is 4.79 Å². The second-order valence-electron chi connectivity index (χ2n) is 7.13. The molecule has 5 heteroatoms. The number of aryl methyl sites for hydroxylation is 1. The molecule has 0 aliphatic carbocycles. The number of carboxylic acid groups (broad SMARTS) is 1. The number of aromatic nitrogens is 1. The van der Waals surface area contributed by atoms with E-state index in [0.29, 0.717) is 12.0 Å². The molecule has 0 aliphatic rings. The Balaban J connectivity index is 2.58. The van der Waals surface area contributed by atoms with Crippen LogP contribution in [-0.4, -0.2) is 16.2 Å². The van der Waals surface area contributed by atoms with Crippen LogP contribution >= 0.6 is 0 Å². The van der Waals surface area contributed by atoms with Gasteiger partial charge in [-0.1, -0.05) is 51.1 Å². The lowest BCUT2D eigenvalue weighted by atomic mass is 9.80. The maximum atomic E-state index is 12.6. The minimum Gasteiger partial charge on any atom is -0.465 e. The molecule has 3 N–H and O–H groups in total. The summed E-state index contributed by atoms with van der Waals surface area (Å²) in [5.74, 6) is 0. The smallest absolute Gasteiger partial charge is 0.405 e. The van der Waals surface area contributed by atoms with Crippen molar-refractivity contribution in [2.24, 2.45) is 5.41 Å². The highest BCUT2D eigenvalue weighted by Crippen LogP contribution is 2.33. The number of hydrogen-bond acceptors (Lipinski definition) is 2. The highest BCUT2D eigenvalue weighted by atomic mass is 16.4. The third-order valence-electron chi connectivity index (χ3n) is 3.95. The van der Waals surface area contributed by atoms with Gasteiger partial charge in [-0.3, -0.25) is 4.79 Å². The quantitative estimate of drug-likeness (QED) is 0.801. The molecule has 0 saturated heterocycles. The fourth-order valence-electron chi connectivity index (χ4n) is 2.89. The molecule has 0 fully saturated rings. The zero-order valence-electron chi connectivity index (χ0n) is 14.5. The van der Waals surface area contributed by atoms with Crippen molar-refractivity contribution in [3.8, 4) is 0 Å². The van der Waals surface area contributed by atoms with E-state index in [0.717, 1.165) is 16.8 Å². The van der Waals surface area contributed by atoms with Gasteiger partial charge in [0.25, 0.3) is 5.56 Å². The van der Waals surface area contributed by atoms with Crippen molar-refractivity contribution in [3.05, 3.63) is 69.1 Å². The zero-order valence-corrected chi connectivity index (χ0v) is 14.5. The molecule has 0 radical (unpaired) electrons. The van der Waals surface area contributed by atoms with Gasteiger partial charge in [-0.2, -0.15) is 0 Å². The van der Waals surface area contributed by atoms with Crippen molar-refractivity contribution in [2.75, 3.05) is 0 Å². The molecule has 0 aliphatic heterocycles. The van der Waals surface area contributed by atoms with Crippen LogP contribution in [0.15, 0.2) is 41.2 Å². The Morgan fingerprint density at radius 3 is 2.42 bits per heavy atom. The Morgan fingerprint density at radius 2 is 1.88 bits per heavy atom. The first-order valence-electron chi connectivity index (χ1n) is 7.94. The van der Waals surface area contributed by atoms with E-state index in [9.17, 15) is 14.7 Å². The normalized spacial score (nSPS) is 12.7. The predicted octanol–water partition coefficient (Wildman–Crippen LogP) is 3.63. The number of rotatable bonds is 4. The van der Waals surface area contributed by atoms with Crippen molar-refractivity contribution < 1.29 is 9.90 Å². The fourth-order valence-corrected chi connectivity index (χ4v) is 2.89. The SMILES string of the molecule is Cc1cc(Cc2ccccc2)c(C(NC(=O)O)C(C)(C)C)c(=O)[nH]1. The monoisotopic (exact) mass is 328 g/mol. The third kappa shape index (κ3) is 4.25. The Labute approximate surface area is 141 Å². The molecule has 1 heterocycles. The second kappa shape index (κ2) is 6.91. The lowest BCUT2D eigenvalue weighted by Gasteiger charge is -2.31. The Hall–Kier alpha value is -2.56. The van der Waals surface area contributed by atoms with Gasteiger partial charge in [0.15, 0.2) is 0 Å². The molecule has 2 rings (SSSR count). The molecule has 2 aromatic rings. The fraction of sp³-hybridized carbons (Fsp3) is 0.368. The van der Waals surface area contributed by atoms with Crippen LogP contribution in [0.1, 0.15) is 49.2 Å². The van der Waals surface area contributed by atoms with Gasteiger partial charge in [-0.05, 0) is 36.0 Å². The molecule has 1 aromatic heterocycles. The van der Waals surface area contributed by atoms with Crippen molar-refractivity contribution >= 4 is 6.09 Å². The van der Waals surface area contributed by atoms with E-state index in [1.807, 2.05) is 64.1 Å². The minimum absolute atomic E-state index is 0.241. The van der Waals surface area contributed by atoms with Crippen LogP contribution in [0.3, 0.4) is 0 Å². The standard InChI is InChI=1S/C19H24N2O3/c1-12-10-14(11-13-8-6-5-7-9-13)15(17(22)20-12)16(19(2,3)4)21-18(23)24/h5-10,16,21H,11H2,1-4H3,(H,20,22)(H,23,24). The first-order valence-corrected chi connectivity index (χ1v) is 7.94. The second-order valence-corrected chi connectivity index (χ2v) is 7.13. The van der Waals surface area contributed by atoms with Gasteiger partial charge >= 0.3 is 6.09 Å². The summed E-state index contributed by atoms with van der Waals surface area (Å²) in [4.78, 5) is 26.7. The number of H-pyrrole nitrogens is 1. The summed E-state index contributed by atoms with van der Waals surface area (Å²) in [6, 6.07) is 11.2. The zero-order chi connectivity index (χ0) is 17.9. The van der Waals surface area contributed by atoms with E-state index >= 15 is 0 Å². The van der Waals surface area contributed by atoms with Gasteiger partial charge in [0, 0.05) is 11.3 Å². The molecule has 1 amide bonds. The van der Waals surface area contributed by atoms with Gasteiger partial charge in [0.2, 0.25) is 0 Å². The van der Waals surface area contributed by atoms with E-state index in [2.05, 4.69) is 10.3 Å². The largest absolute Gasteiger partial charge is 0.465 e. The molecular formula is C19H24N2O3. The molecule has 1 aromatic carbocycles.